The average molecular weight is 291 g/mol. The summed E-state index contributed by atoms with van der Waals surface area (Å²) < 4.78 is 5.29. The van der Waals surface area contributed by atoms with Gasteiger partial charge >= 0.3 is 0 Å². The average Bonchev–Trinajstić information content (AvgIpc) is 2.52. The predicted molar refractivity (Wildman–Crippen MR) is 91.8 cm³/mol. The van der Waals surface area contributed by atoms with Crippen LogP contribution in [-0.4, -0.2) is 26.3 Å². The minimum atomic E-state index is 0.502. The van der Waals surface area contributed by atoms with Crippen molar-refractivity contribution in [3.8, 4) is 0 Å². The van der Waals surface area contributed by atoms with Crippen LogP contribution in [0, 0.1) is 11.8 Å². The zero-order valence-corrected chi connectivity index (χ0v) is 14.4. The number of rotatable bonds is 10. The van der Waals surface area contributed by atoms with Crippen molar-refractivity contribution in [3.05, 3.63) is 35.9 Å². The highest BCUT2D eigenvalue weighted by Gasteiger charge is 2.30. The monoisotopic (exact) mass is 291 g/mol. The van der Waals surface area contributed by atoms with Crippen molar-refractivity contribution >= 4 is 0 Å². The molecule has 0 aromatic heterocycles. The van der Waals surface area contributed by atoms with E-state index in [4.69, 9.17) is 4.74 Å². The number of benzene rings is 1. The highest BCUT2D eigenvalue weighted by atomic mass is 16.5. The molecule has 0 aliphatic rings. The number of methoxy groups -OCH3 is 1. The Morgan fingerprint density at radius 3 is 2.24 bits per heavy atom. The molecule has 1 rings (SSSR count). The summed E-state index contributed by atoms with van der Waals surface area (Å²) in [5, 5.41) is 3.75. The summed E-state index contributed by atoms with van der Waals surface area (Å²) in [6, 6.07) is 11.5. The molecule has 0 amide bonds. The van der Waals surface area contributed by atoms with E-state index >= 15 is 0 Å². The topological polar surface area (TPSA) is 21.3 Å². The second-order valence-electron chi connectivity index (χ2n) is 6.16. The lowest BCUT2D eigenvalue weighted by atomic mass is 9.75. The molecule has 4 atom stereocenters. The summed E-state index contributed by atoms with van der Waals surface area (Å²) in [6.07, 6.45) is 2.31. The third kappa shape index (κ3) is 5.44. The predicted octanol–water partition coefficient (Wildman–Crippen LogP) is 4.47. The van der Waals surface area contributed by atoms with E-state index in [9.17, 15) is 0 Å². The van der Waals surface area contributed by atoms with Gasteiger partial charge in [-0.1, -0.05) is 64.4 Å². The normalized spacial score (nSPS) is 17.2. The van der Waals surface area contributed by atoms with Gasteiger partial charge in [-0.05, 0) is 30.4 Å². The summed E-state index contributed by atoms with van der Waals surface area (Å²) in [6.45, 7) is 11.1. The molecule has 21 heavy (non-hydrogen) atoms. The molecule has 0 aliphatic heterocycles. The van der Waals surface area contributed by atoms with Crippen LogP contribution in [0.1, 0.15) is 52.0 Å². The van der Waals surface area contributed by atoms with Crippen molar-refractivity contribution in [2.75, 3.05) is 20.3 Å². The van der Waals surface area contributed by atoms with Crippen LogP contribution < -0.4 is 5.32 Å². The van der Waals surface area contributed by atoms with Crippen LogP contribution >= 0.6 is 0 Å². The fourth-order valence-corrected chi connectivity index (χ4v) is 3.22. The molecular weight excluding hydrogens is 258 g/mol. The second kappa shape index (κ2) is 9.97. The van der Waals surface area contributed by atoms with Crippen LogP contribution in [-0.2, 0) is 4.74 Å². The molecule has 0 heterocycles. The summed E-state index contributed by atoms with van der Waals surface area (Å²) in [4.78, 5) is 0. The molecule has 1 N–H and O–H groups in total. The van der Waals surface area contributed by atoms with Gasteiger partial charge in [0.25, 0.3) is 0 Å². The summed E-state index contributed by atoms with van der Waals surface area (Å²) >= 11 is 0. The number of ether oxygens (including phenoxy) is 1. The van der Waals surface area contributed by atoms with Gasteiger partial charge in [-0.25, -0.2) is 0 Å². The van der Waals surface area contributed by atoms with Gasteiger partial charge in [0.05, 0.1) is 0 Å². The summed E-state index contributed by atoms with van der Waals surface area (Å²) in [7, 11) is 1.79. The molecule has 0 bridgehead atoms. The maximum atomic E-state index is 5.29. The molecule has 2 heteroatoms. The van der Waals surface area contributed by atoms with Gasteiger partial charge < -0.3 is 10.1 Å². The lowest BCUT2D eigenvalue weighted by molar-refractivity contribution is 0.159. The molecule has 2 nitrogen and oxygen atoms in total. The Bertz CT molecular complexity index is 365. The quantitative estimate of drug-likeness (QED) is 0.687. The number of hydrogen-bond acceptors (Lipinski definition) is 2. The fourth-order valence-electron chi connectivity index (χ4n) is 3.22. The minimum Gasteiger partial charge on any atom is -0.385 e. The first-order valence-corrected chi connectivity index (χ1v) is 8.42. The molecule has 0 saturated carbocycles. The Kier molecular flexibility index (Phi) is 8.63. The second-order valence-corrected chi connectivity index (χ2v) is 6.16. The van der Waals surface area contributed by atoms with E-state index in [-0.39, 0.29) is 0 Å². The first kappa shape index (κ1) is 18.2. The molecule has 0 fully saturated rings. The van der Waals surface area contributed by atoms with Crippen molar-refractivity contribution in [1.82, 2.24) is 5.32 Å². The molecule has 0 radical (unpaired) electrons. The van der Waals surface area contributed by atoms with E-state index in [1.807, 2.05) is 0 Å². The molecule has 4 unspecified atom stereocenters. The zero-order valence-electron chi connectivity index (χ0n) is 14.4. The van der Waals surface area contributed by atoms with Crippen LogP contribution in [0.15, 0.2) is 30.3 Å². The lowest BCUT2D eigenvalue weighted by Crippen LogP contribution is -2.42. The maximum absolute atomic E-state index is 5.29. The van der Waals surface area contributed by atoms with Crippen molar-refractivity contribution in [1.29, 1.82) is 0 Å². The number of likely N-dealkylation sites (N-methyl/N-ethyl adjacent to an activating group) is 1. The number of nitrogens with one attached hydrogen (secondary N) is 1. The zero-order chi connectivity index (χ0) is 15.7. The highest BCUT2D eigenvalue weighted by Crippen LogP contribution is 2.34. The molecular formula is C19H33NO. The summed E-state index contributed by atoms with van der Waals surface area (Å²) in [5.41, 5.74) is 1.46. The van der Waals surface area contributed by atoms with E-state index in [0.717, 1.165) is 19.6 Å². The van der Waals surface area contributed by atoms with Gasteiger partial charge in [-0.15, -0.1) is 0 Å². The highest BCUT2D eigenvalue weighted by molar-refractivity contribution is 5.22. The first-order chi connectivity index (χ1) is 10.2. The van der Waals surface area contributed by atoms with E-state index in [0.29, 0.717) is 23.8 Å². The van der Waals surface area contributed by atoms with Crippen LogP contribution in [0.4, 0.5) is 0 Å². The van der Waals surface area contributed by atoms with Crippen molar-refractivity contribution in [2.24, 2.45) is 11.8 Å². The Balaban J connectivity index is 3.00. The minimum absolute atomic E-state index is 0.502. The van der Waals surface area contributed by atoms with Gasteiger partial charge in [-0.3, -0.25) is 0 Å². The summed E-state index contributed by atoms with van der Waals surface area (Å²) in [5.74, 6) is 1.83. The molecule has 120 valence electrons. The van der Waals surface area contributed by atoms with Gasteiger partial charge in [0.2, 0.25) is 0 Å². The van der Waals surface area contributed by atoms with Crippen molar-refractivity contribution in [2.45, 2.75) is 52.5 Å². The van der Waals surface area contributed by atoms with E-state index in [1.54, 1.807) is 7.11 Å². The molecule has 1 aromatic rings. The van der Waals surface area contributed by atoms with Crippen LogP contribution in [0.2, 0.25) is 0 Å². The third-order valence-electron chi connectivity index (χ3n) is 4.66. The Hall–Kier alpha value is -0.860. The van der Waals surface area contributed by atoms with Crippen molar-refractivity contribution < 1.29 is 4.74 Å². The molecule has 0 saturated heterocycles. The largest absolute Gasteiger partial charge is 0.385 e. The van der Waals surface area contributed by atoms with Gasteiger partial charge in [0.1, 0.15) is 0 Å². The van der Waals surface area contributed by atoms with E-state index < -0.39 is 0 Å². The third-order valence-corrected chi connectivity index (χ3v) is 4.66. The van der Waals surface area contributed by atoms with Crippen LogP contribution in [0.5, 0.6) is 0 Å². The van der Waals surface area contributed by atoms with Crippen LogP contribution in [0.25, 0.3) is 0 Å². The van der Waals surface area contributed by atoms with Crippen molar-refractivity contribution in [3.63, 3.8) is 0 Å². The lowest BCUT2D eigenvalue weighted by Gasteiger charge is -2.36. The van der Waals surface area contributed by atoms with Gasteiger partial charge in [0.15, 0.2) is 0 Å². The molecule has 0 spiro atoms. The molecule has 0 aliphatic carbocycles. The van der Waals surface area contributed by atoms with Gasteiger partial charge in [-0.2, -0.15) is 0 Å². The Morgan fingerprint density at radius 1 is 1.05 bits per heavy atom. The van der Waals surface area contributed by atoms with E-state index in [1.165, 1.54) is 12.0 Å². The maximum Gasteiger partial charge on any atom is 0.0465 e. The standard InChI is InChI=1S/C19H33NO/c1-6-15(3)18(17-11-9-8-10-12-17)19(20-7-2)16(4)13-14-21-5/h8-12,15-16,18-20H,6-7,13-14H2,1-5H3. The SMILES string of the molecule is CCNC(C(C)CCOC)C(c1ccccc1)C(C)CC. The van der Waals surface area contributed by atoms with E-state index in [2.05, 4.69) is 63.3 Å². The Labute approximate surface area is 131 Å². The fraction of sp³-hybridized carbons (Fsp3) is 0.684. The van der Waals surface area contributed by atoms with Gasteiger partial charge in [0, 0.05) is 25.7 Å². The number of hydrogen-bond donors (Lipinski definition) is 1. The van der Waals surface area contributed by atoms with Crippen LogP contribution in [0.3, 0.4) is 0 Å². The Morgan fingerprint density at radius 2 is 1.71 bits per heavy atom. The first-order valence-electron chi connectivity index (χ1n) is 8.42. The smallest absolute Gasteiger partial charge is 0.0465 e. The molecule has 1 aromatic carbocycles.